The molecule has 6 nitrogen and oxygen atoms in total. The first-order valence-electron chi connectivity index (χ1n) is 6.92. The zero-order valence-corrected chi connectivity index (χ0v) is 12.3. The van der Waals surface area contributed by atoms with Gasteiger partial charge in [-0.1, -0.05) is 11.6 Å². The molecule has 0 saturated carbocycles. The third kappa shape index (κ3) is 3.72. The number of fused-ring (bicyclic) bond motifs is 1. The molecule has 1 atom stereocenters. The monoisotopic (exact) mass is 308 g/mol. The Bertz CT molecular complexity index is 637. The van der Waals surface area contributed by atoms with Gasteiger partial charge in [-0.3, -0.25) is 4.79 Å². The molecule has 1 saturated heterocycles. The van der Waals surface area contributed by atoms with Gasteiger partial charge in [-0.15, -0.1) is 0 Å². The highest BCUT2D eigenvalue weighted by atomic mass is 35.5. The van der Waals surface area contributed by atoms with Crippen molar-refractivity contribution in [3.05, 3.63) is 35.2 Å². The summed E-state index contributed by atoms with van der Waals surface area (Å²) < 4.78 is 7.17. The molecular weight excluding hydrogens is 292 g/mol. The van der Waals surface area contributed by atoms with Gasteiger partial charge in [-0.25, -0.2) is 4.98 Å². The number of halogens is 1. The number of imidazole rings is 1. The molecule has 0 radical (unpaired) electrons. The van der Waals surface area contributed by atoms with Crippen LogP contribution in [0, 0.1) is 0 Å². The third-order valence-electron chi connectivity index (χ3n) is 3.36. The Morgan fingerprint density at radius 3 is 3.24 bits per heavy atom. The lowest BCUT2D eigenvalue weighted by molar-refractivity contribution is -0.122. The molecule has 1 aliphatic rings. The molecule has 1 aliphatic heterocycles. The van der Waals surface area contributed by atoms with E-state index in [0.717, 1.165) is 17.9 Å². The number of carbonyl (C=O) groups excluding carboxylic acids is 1. The van der Waals surface area contributed by atoms with Crippen LogP contribution < -0.4 is 10.6 Å². The van der Waals surface area contributed by atoms with Crippen molar-refractivity contribution < 1.29 is 9.53 Å². The SMILES string of the molecule is O=C(CC1COCCN1)NCc1cn2cc(Cl)ccc2n1. The van der Waals surface area contributed by atoms with Crippen LogP contribution in [-0.4, -0.2) is 41.1 Å². The summed E-state index contributed by atoms with van der Waals surface area (Å²) >= 11 is 5.93. The lowest BCUT2D eigenvalue weighted by Gasteiger charge is -2.23. The molecule has 3 heterocycles. The summed E-state index contributed by atoms with van der Waals surface area (Å²) in [7, 11) is 0. The molecule has 3 rings (SSSR count). The number of nitrogens with one attached hydrogen (secondary N) is 2. The van der Waals surface area contributed by atoms with Gasteiger partial charge in [0, 0.05) is 31.4 Å². The summed E-state index contributed by atoms with van der Waals surface area (Å²) in [6.07, 6.45) is 4.07. The van der Waals surface area contributed by atoms with Gasteiger partial charge in [0.05, 0.1) is 30.5 Å². The molecule has 1 fully saturated rings. The van der Waals surface area contributed by atoms with Crippen LogP contribution in [0.2, 0.25) is 5.02 Å². The molecule has 0 bridgehead atoms. The maximum Gasteiger partial charge on any atom is 0.221 e. The number of amides is 1. The maximum absolute atomic E-state index is 11.9. The minimum absolute atomic E-state index is 0.00640. The van der Waals surface area contributed by atoms with Crippen molar-refractivity contribution in [2.24, 2.45) is 0 Å². The van der Waals surface area contributed by atoms with E-state index in [1.807, 2.05) is 16.7 Å². The molecule has 1 unspecified atom stereocenters. The molecule has 7 heteroatoms. The van der Waals surface area contributed by atoms with Crippen LogP contribution in [0.15, 0.2) is 24.5 Å². The van der Waals surface area contributed by atoms with Crippen molar-refractivity contribution in [2.45, 2.75) is 19.0 Å². The van der Waals surface area contributed by atoms with Crippen molar-refractivity contribution in [3.8, 4) is 0 Å². The van der Waals surface area contributed by atoms with Gasteiger partial charge in [0.2, 0.25) is 5.91 Å². The molecule has 2 aromatic heterocycles. The van der Waals surface area contributed by atoms with E-state index in [4.69, 9.17) is 16.3 Å². The van der Waals surface area contributed by atoms with E-state index in [0.29, 0.717) is 31.2 Å². The quantitative estimate of drug-likeness (QED) is 0.883. The fraction of sp³-hybridized carbons (Fsp3) is 0.429. The fourth-order valence-corrected chi connectivity index (χ4v) is 2.51. The van der Waals surface area contributed by atoms with Crippen molar-refractivity contribution in [2.75, 3.05) is 19.8 Å². The zero-order valence-electron chi connectivity index (χ0n) is 11.5. The number of hydrogen-bond acceptors (Lipinski definition) is 4. The second kappa shape index (κ2) is 6.43. The van der Waals surface area contributed by atoms with Crippen molar-refractivity contribution in [1.29, 1.82) is 0 Å². The number of aromatic nitrogens is 2. The Kier molecular flexibility index (Phi) is 4.38. The highest BCUT2D eigenvalue weighted by Crippen LogP contribution is 2.11. The number of rotatable bonds is 4. The van der Waals surface area contributed by atoms with Gasteiger partial charge in [-0.05, 0) is 12.1 Å². The average Bonchev–Trinajstić information content (AvgIpc) is 2.88. The Balaban J connectivity index is 1.54. The molecule has 112 valence electrons. The van der Waals surface area contributed by atoms with Crippen LogP contribution in [0.1, 0.15) is 12.1 Å². The van der Waals surface area contributed by atoms with E-state index < -0.39 is 0 Å². The predicted octanol–water partition coefficient (Wildman–Crippen LogP) is 0.982. The summed E-state index contributed by atoms with van der Waals surface area (Å²) in [5.74, 6) is -0.00640. The molecule has 1 amide bonds. The molecule has 0 aromatic carbocycles. The normalized spacial score (nSPS) is 18.8. The van der Waals surface area contributed by atoms with E-state index in [9.17, 15) is 4.79 Å². The number of nitrogens with zero attached hydrogens (tertiary/aromatic N) is 2. The standard InChI is InChI=1S/C14H17ClN4O2/c15-10-1-2-13-18-12(8-19(13)7-10)6-17-14(20)5-11-9-21-4-3-16-11/h1-2,7-8,11,16H,3-6,9H2,(H,17,20). The van der Waals surface area contributed by atoms with E-state index in [-0.39, 0.29) is 11.9 Å². The lowest BCUT2D eigenvalue weighted by Crippen LogP contribution is -2.44. The van der Waals surface area contributed by atoms with E-state index in [1.54, 1.807) is 12.3 Å². The van der Waals surface area contributed by atoms with E-state index in [2.05, 4.69) is 15.6 Å². The van der Waals surface area contributed by atoms with Gasteiger partial charge in [0.25, 0.3) is 0 Å². The topological polar surface area (TPSA) is 67.7 Å². The van der Waals surface area contributed by atoms with Crippen LogP contribution >= 0.6 is 11.6 Å². The Hall–Kier alpha value is -1.63. The second-order valence-corrected chi connectivity index (χ2v) is 5.49. The Labute approximate surface area is 127 Å². The van der Waals surface area contributed by atoms with Crippen molar-refractivity contribution >= 4 is 23.2 Å². The first-order valence-corrected chi connectivity index (χ1v) is 7.29. The molecule has 2 N–H and O–H groups in total. The van der Waals surface area contributed by atoms with E-state index in [1.165, 1.54) is 0 Å². The van der Waals surface area contributed by atoms with Crippen molar-refractivity contribution in [1.82, 2.24) is 20.0 Å². The van der Waals surface area contributed by atoms with Gasteiger partial charge >= 0.3 is 0 Å². The number of hydrogen-bond donors (Lipinski definition) is 2. The van der Waals surface area contributed by atoms with E-state index >= 15 is 0 Å². The third-order valence-corrected chi connectivity index (χ3v) is 3.59. The number of carbonyl (C=O) groups is 1. The number of ether oxygens (including phenoxy) is 1. The second-order valence-electron chi connectivity index (χ2n) is 5.05. The average molecular weight is 309 g/mol. The predicted molar refractivity (Wildman–Crippen MR) is 79.3 cm³/mol. The van der Waals surface area contributed by atoms with Crippen molar-refractivity contribution in [3.63, 3.8) is 0 Å². The highest BCUT2D eigenvalue weighted by molar-refractivity contribution is 6.30. The lowest BCUT2D eigenvalue weighted by atomic mass is 10.2. The Morgan fingerprint density at radius 1 is 1.52 bits per heavy atom. The van der Waals surface area contributed by atoms with Crippen LogP contribution in [0.3, 0.4) is 0 Å². The van der Waals surface area contributed by atoms with Crippen LogP contribution in [0.4, 0.5) is 0 Å². The summed E-state index contributed by atoms with van der Waals surface area (Å²) in [5.41, 5.74) is 1.62. The van der Waals surface area contributed by atoms with Crippen LogP contribution in [0.5, 0.6) is 0 Å². The van der Waals surface area contributed by atoms with Crippen LogP contribution in [0.25, 0.3) is 5.65 Å². The number of morpholine rings is 1. The molecule has 0 spiro atoms. The molecule has 21 heavy (non-hydrogen) atoms. The fourth-order valence-electron chi connectivity index (χ4n) is 2.34. The summed E-state index contributed by atoms with van der Waals surface area (Å²) in [6.45, 7) is 2.50. The maximum atomic E-state index is 11.9. The van der Waals surface area contributed by atoms with Gasteiger partial charge < -0.3 is 19.8 Å². The largest absolute Gasteiger partial charge is 0.378 e. The zero-order chi connectivity index (χ0) is 14.7. The van der Waals surface area contributed by atoms with Crippen LogP contribution in [-0.2, 0) is 16.1 Å². The molecule has 2 aromatic rings. The minimum Gasteiger partial charge on any atom is -0.378 e. The molecule has 0 aliphatic carbocycles. The summed E-state index contributed by atoms with van der Waals surface area (Å²) in [5, 5.41) is 6.79. The smallest absolute Gasteiger partial charge is 0.221 e. The highest BCUT2D eigenvalue weighted by Gasteiger charge is 2.16. The molecular formula is C14H17ClN4O2. The first-order chi connectivity index (χ1) is 10.2. The minimum atomic E-state index is -0.00640. The number of pyridine rings is 1. The summed E-state index contributed by atoms with van der Waals surface area (Å²) in [6, 6.07) is 3.73. The summed E-state index contributed by atoms with van der Waals surface area (Å²) in [4.78, 5) is 16.3. The first kappa shape index (κ1) is 14.3. The van der Waals surface area contributed by atoms with Gasteiger partial charge in [0.15, 0.2) is 0 Å². The van der Waals surface area contributed by atoms with Gasteiger partial charge in [-0.2, -0.15) is 0 Å². The Morgan fingerprint density at radius 2 is 2.43 bits per heavy atom. The van der Waals surface area contributed by atoms with Gasteiger partial charge in [0.1, 0.15) is 5.65 Å².